The van der Waals surface area contributed by atoms with Gasteiger partial charge in [-0.15, -0.1) is 0 Å². The lowest BCUT2D eigenvalue weighted by molar-refractivity contribution is 0.255. The molecule has 2 aromatic rings. The molecule has 1 saturated carbocycles. The van der Waals surface area contributed by atoms with Gasteiger partial charge >= 0.3 is 0 Å². The summed E-state index contributed by atoms with van der Waals surface area (Å²) in [6.45, 7) is 5.78. The van der Waals surface area contributed by atoms with Gasteiger partial charge in [0.25, 0.3) is 0 Å². The zero-order valence-corrected chi connectivity index (χ0v) is 18.1. The molecular formula is C22H32BrN3. The van der Waals surface area contributed by atoms with Crippen LogP contribution in [-0.2, 0) is 6.42 Å². The highest BCUT2D eigenvalue weighted by Crippen LogP contribution is 2.33. The van der Waals surface area contributed by atoms with Gasteiger partial charge in [-0.25, -0.2) is 0 Å². The molecule has 1 fully saturated rings. The Hall–Kier alpha value is -1.13. The van der Waals surface area contributed by atoms with E-state index >= 15 is 0 Å². The van der Waals surface area contributed by atoms with Crippen LogP contribution in [0.3, 0.4) is 0 Å². The largest absolute Gasteiger partial charge is 0.381 e. The number of nitrogens with one attached hydrogen (secondary N) is 1. The molecule has 0 spiro atoms. The maximum Gasteiger partial charge on any atom is 0.0723 e. The van der Waals surface area contributed by atoms with Crippen molar-refractivity contribution in [2.75, 3.05) is 26.0 Å². The van der Waals surface area contributed by atoms with Crippen molar-refractivity contribution in [1.82, 2.24) is 9.88 Å². The van der Waals surface area contributed by atoms with E-state index in [1.165, 1.54) is 48.9 Å². The van der Waals surface area contributed by atoms with Crippen molar-refractivity contribution in [3.8, 4) is 0 Å². The number of hydrogen-bond acceptors (Lipinski definition) is 3. The van der Waals surface area contributed by atoms with Crippen LogP contribution in [0.4, 0.5) is 5.69 Å². The summed E-state index contributed by atoms with van der Waals surface area (Å²) in [6, 6.07) is 6.97. The van der Waals surface area contributed by atoms with Gasteiger partial charge in [0.2, 0.25) is 0 Å². The Bertz CT molecular complexity index is 733. The lowest BCUT2D eigenvalue weighted by Gasteiger charge is -2.32. The van der Waals surface area contributed by atoms with E-state index in [1.807, 2.05) is 0 Å². The molecule has 0 atom stereocenters. The van der Waals surface area contributed by atoms with E-state index in [-0.39, 0.29) is 0 Å². The zero-order chi connectivity index (χ0) is 18.7. The first kappa shape index (κ1) is 19.6. The number of anilines is 1. The van der Waals surface area contributed by atoms with Crippen molar-refractivity contribution < 1.29 is 0 Å². The first-order chi connectivity index (χ1) is 12.4. The SMILES string of the molecule is CC(C)Cc1cnc2ccc(Br)cc2c1NC1CCC(CN(C)C)CC1. The van der Waals surface area contributed by atoms with Crippen molar-refractivity contribution in [3.05, 3.63) is 34.4 Å². The molecule has 0 saturated heterocycles. The van der Waals surface area contributed by atoms with Crippen LogP contribution in [0.1, 0.15) is 45.1 Å². The molecule has 0 aliphatic heterocycles. The number of halogens is 1. The van der Waals surface area contributed by atoms with Gasteiger partial charge in [0.05, 0.1) is 5.52 Å². The lowest BCUT2D eigenvalue weighted by atomic mass is 9.85. The van der Waals surface area contributed by atoms with Crippen LogP contribution in [0.2, 0.25) is 0 Å². The smallest absolute Gasteiger partial charge is 0.0723 e. The number of benzene rings is 1. The topological polar surface area (TPSA) is 28.2 Å². The summed E-state index contributed by atoms with van der Waals surface area (Å²) in [6.07, 6.45) is 8.31. The molecule has 0 amide bonds. The van der Waals surface area contributed by atoms with E-state index in [0.29, 0.717) is 12.0 Å². The quantitative estimate of drug-likeness (QED) is 0.650. The highest BCUT2D eigenvalue weighted by Gasteiger charge is 2.23. The minimum atomic E-state index is 0.573. The van der Waals surface area contributed by atoms with Gasteiger partial charge < -0.3 is 10.2 Å². The first-order valence-corrected chi connectivity index (χ1v) is 10.7. The van der Waals surface area contributed by atoms with Crippen LogP contribution in [-0.4, -0.2) is 36.6 Å². The lowest BCUT2D eigenvalue weighted by Crippen LogP contribution is -2.31. The molecule has 1 aromatic heterocycles. The standard InChI is InChI=1S/C22H32BrN3/c1-15(2)11-17-13-24-21-10-7-18(23)12-20(21)22(17)25-19-8-5-16(6-9-19)14-26(3)4/h7,10,12-13,15-16,19H,5-6,8-9,11,14H2,1-4H3,(H,24,25). The Morgan fingerprint density at radius 1 is 1.19 bits per heavy atom. The number of hydrogen-bond donors (Lipinski definition) is 1. The van der Waals surface area contributed by atoms with Gasteiger partial charge in [0.15, 0.2) is 0 Å². The number of aromatic nitrogens is 1. The summed E-state index contributed by atoms with van der Waals surface area (Å²) < 4.78 is 1.12. The van der Waals surface area contributed by atoms with Gasteiger partial charge in [-0.3, -0.25) is 4.98 Å². The summed E-state index contributed by atoms with van der Waals surface area (Å²) in [4.78, 5) is 7.03. The van der Waals surface area contributed by atoms with Crippen LogP contribution in [0, 0.1) is 11.8 Å². The number of pyridine rings is 1. The molecule has 0 radical (unpaired) electrons. The van der Waals surface area contributed by atoms with Crippen LogP contribution < -0.4 is 5.32 Å². The third kappa shape index (κ3) is 4.98. The molecule has 0 bridgehead atoms. The van der Waals surface area contributed by atoms with E-state index < -0.39 is 0 Å². The fraction of sp³-hybridized carbons (Fsp3) is 0.591. The fourth-order valence-electron chi connectivity index (χ4n) is 4.18. The van der Waals surface area contributed by atoms with E-state index in [1.54, 1.807) is 0 Å². The van der Waals surface area contributed by atoms with Crippen molar-refractivity contribution >= 4 is 32.5 Å². The Morgan fingerprint density at radius 3 is 2.58 bits per heavy atom. The van der Waals surface area contributed by atoms with E-state index in [4.69, 9.17) is 4.98 Å². The summed E-state index contributed by atoms with van der Waals surface area (Å²) in [7, 11) is 4.37. The Labute approximate surface area is 166 Å². The summed E-state index contributed by atoms with van der Waals surface area (Å²) in [5.74, 6) is 1.47. The summed E-state index contributed by atoms with van der Waals surface area (Å²) in [5.41, 5.74) is 3.73. The van der Waals surface area contributed by atoms with E-state index in [2.05, 4.69) is 78.5 Å². The molecule has 1 aliphatic carbocycles. The van der Waals surface area contributed by atoms with Crippen molar-refractivity contribution in [2.45, 2.75) is 52.0 Å². The molecule has 0 unspecified atom stereocenters. The number of fused-ring (bicyclic) bond motifs is 1. The molecule has 3 nitrogen and oxygen atoms in total. The number of rotatable bonds is 6. The Balaban J connectivity index is 1.82. The van der Waals surface area contributed by atoms with Gasteiger partial charge in [0, 0.05) is 34.3 Å². The normalized spacial score (nSPS) is 20.9. The molecule has 4 heteroatoms. The number of nitrogens with zero attached hydrogens (tertiary/aromatic N) is 2. The molecule has 1 heterocycles. The predicted molar refractivity (Wildman–Crippen MR) is 116 cm³/mol. The average Bonchev–Trinajstić information content (AvgIpc) is 2.58. The third-order valence-electron chi connectivity index (χ3n) is 5.36. The van der Waals surface area contributed by atoms with Crippen LogP contribution in [0.25, 0.3) is 10.9 Å². The second-order valence-electron chi connectivity index (χ2n) is 8.54. The Morgan fingerprint density at radius 2 is 1.92 bits per heavy atom. The summed E-state index contributed by atoms with van der Waals surface area (Å²) >= 11 is 3.64. The highest BCUT2D eigenvalue weighted by atomic mass is 79.9. The maximum absolute atomic E-state index is 4.71. The Kier molecular flexibility index (Phi) is 6.57. The minimum Gasteiger partial charge on any atom is -0.381 e. The highest BCUT2D eigenvalue weighted by molar-refractivity contribution is 9.10. The van der Waals surface area contributed by atoms with Crippen LogP contribution in [0.15, 0.2) is 28.9 Å². The second kappa shape index (κ2) is 8.71. The zero-order valence-electron chi connectivity index (χ0n) is 16.6. The average molecular weight is 418 g/mol. The third-order valence-corrected chi connectivity index (χ3v) is 5.85. The molecular weight excluding hydrogens is 386 g/mol. The van der Waals surface area contributed by atoms with E-state index in [0.717, 1.165) is 22.3 Å². The fourth-order valence-corrected chi connectivity index (χ4v) is 4.54. The predicted octanol–water partition coefficient (Wildman–Crippen LogP) is 5.73. The molecule has 1 aromatic carbocycles. The van der Waals surface area contributed by atoms with Crippen LogP contribution in [0.5, 0.6) is 0 Å². The van der Waals surface area contributed by atoms with Gasteiger partial charge in [-0.05, 0) is 81.8 Å². The van der Waals surface area contributed by atoms with Gasteiger partial charge in [0.1, 0.15) is 0 Å². The van der Waals surface area contributed by atoms with Crippen molar-refractivity contribution in [2.24, 2.45) is 11.8 Å². The molecule has 26 heavy (non-hydrogen) atoms. The molecule has 142 valence electrons. The van der Waals surface area contributed by atoms with E-state index in [9.17, 15) is 0 Å². The second-order valence-corrected chi connectivity index (χ2v) is 9.46. The summed E-state index contributed by atoms with van der Waals surface area (Å²) in [5, 5.41) is 5.17. The van der Waals surface area contributed by atoms with Crippen LogP contribution >= 0.6 is 15.9 Å². The first-order valence-electron chi connectivity index (χ1n) is 9.90. The molecule has 1 aliphatic rings. The monoisotopic (exact) mass is 417 g/mol. The molecule has 3 rings (SSSR count). The van der Waals surface area contributed by atoms with Crippen molar-refractivity contribution in [1.29, 1.82) is 0 Å². The van der Waals surface area contributed by atoms with Gasteiger partial charge in [-0.1, -0.05) is 29.8 Å². The van der Waals surface area contributed by atoms with Gasteiger partial charge in [-0.2, -0.15) is 0 Å². The molecule has 1 N–H and O–H groups in total. The minimum absolute atomic E-state index is 0.573. The maximum atomic E-state index is 4.71. The van der Waals surface area contributed by atoms with Crippen molar-refractivity contribution in [3.63, 3.8) is 0 Å².